The number of amides is 1. The number of H-pyrrole nitrogens is 1. The van der Waals surface area contributed by atoms with E-state index in [1.165, 1.54) is 0 Å². The quantitative estimate of drug-likeness (QED) is 0.404. The second-order valence-electron chi connectivity index (χ2n) is 2.06. The summed E-state index contributed by atoms with van der Waals surface area (Å²) in [6.07, 6.45) is 0. The normalized spacial score (nSPS) is 10.1. The minimum Gasteiger partial charge on any atom is -0.493 e. The van der Waals surface area contributed by atoms with Gasteiger partial charge >= 0.3 is 11.7 Å². The summed E-state index contributed by atoms with van der Waals surface area (Å²) in [5, 5.41) is 17.5. The van der Waals surface area contributed by atoms with Crippen molar-refractivity contribution in [1.29, 1.82) is 0 Å². The topological polar surface area (TPSA) is 121 Å². The van der Waals surface area contributed by atoms with Gasteiger partial charge in [-0.05, 0) is 0 Å². The van der Waals surface area contributed by atoms with Gasteiger partial charge in [-0.3, -0.25) is 4.98 Å². The summed E-state index contributed by atoms with van der Waals surface area (Å²) in [5.74, 6) is -0.554. The molecule has 66 valence electrons. The number of nitrogens with zero attached hydrogens (tertiary/aromatic N) is 1. The number of aliphatic hydroxyl groups excluding tert-OH is 1. The largest absolute Gasteiger partial charge is 0.493 e. The van der Waals surface area contributed by atoms with E-state index in [0.29, 0.717) is 4.57 Å². The highest BCUT2D eigenvalue weighted by molar-refractivity contribution is 5.75. The maximum absolute atomic E-state index is 10.8. The van der Waals surface area contributed by atoms with Crippen LogP contribution in [0, 0.1) is 0 Å². The van der Waals surface area contributed by atoms with Crippen molar-refractivity contribution >= 4 is 6.03 Å². The molecule has 1 rings (SSSR count). The van der Waals surface area contributed by atoms with Crippen molar-refractivity contribution in [3.63, 3.8) is 0 Å². The molecule has 0 aromatic carbocycles. The van der Waals surface area contributed by atoms with Gasteiger partial charge in [0.2, 0.25) is 5.88 Å². The molecule has 1 aromatic heterocycles. The van der Waals surface area contributed by atoms with E-state index in [-0.39, 0.29) is 5.69 Å². The molecule has 0 atom stereocenters. The summed E-state index contributed by atoms with van der Waals surface area (Å²) in [4.78, 5) is 23.3. The summed E-state index contributed by atoms with van der Waals surface area (Å²) in [6.45, 7) is -0.645. The lowest BCUT2D eigenvalue weighted by atomic mass is 10.5. The van der Waals surface area contributed by atoms with Crippen molar-refractivity contribution in [3.05, 3.63) is 16.2 Å². The smallest absolute Gasteiger partial charge is 0.337 e. The third kappa shape index (κ3) is 1.05. The molecule has 0 fully saturated rings. The molecule has 0 spiro atoms. The Morgan fingerprint density at radius 2 is 2.25 bits per heavy atom. The standard InChI is InChI=1S/C5H7N3O4/c6-4(11)8-2(1-9)3(10)7-5(8)12/h9-10H,1H2,(H2,6,11)(H,7,12). The number of nitrogens with one attached hydrogen (secondary N) is 1. The molecule has 0 radical (unpaired) electrons. The predicted octanol–water partition coefficient (Wildman–Crippen LogP) is -1.70. The molecular weight excluding hydrogens is 166 g/mol. The average Bonchev–Trinajstić information content (AvgIpc) is 2.24. The van der Waals surface area contributed by atoms with Gasteiger partial charge in [0.15, 0.2) is 0 Å². The fourth-order valence-corrected chi connectivity index (χ4v) is 0.837. The van der Waals surface area contributed by atoms with Crippen LogP contribution in [0.5, 0.6) is 5.88 Å². The van der Waals surface area contributed by atoms with E-state index in [1.54, 1.807) is 0 Å². The van der Waals surface area contributed by atoms with Crippen molar-refractivity contribution in [2.75, 3.05) is 0 Å². The van der Waals surface area contributed by atoms with Gasteiger partial charge in [-0.25, -0.2) is 14.2 Å². The van der Waals surface area contributed by atoms with E-state index in [9.17, 15) is 9.59 Å². The number of aromatic hydroxyl groups is 1. The molecule has 0 bridgehead atoms. The summed E-state index contributed by atoms with van der Waals surface area (Å²) in [7, 11) is 0. The summed E-state index contributed by atoms with van der Waals surface area (Å²) in [6, 6.07) is -1.06. The Morgan fingerprint density at radius 3 is 2.58 bits per heavy atom. The van der Waals surface area contributed by atoms with Gasteiger partial charge in [0.05, 0.1) is 6.61 Å². The molecule has 0 saturated carbocycles. The van der Waals surface area contributed by atoms with E-state index < -0.39 is 24.2 Å². The molecule has 12 heavy (non-hydrogen) atoms. The number of imidazole rings is 1. The highest BCUT2D eigenvalue weighted by Gasteiger charge is 2.15. The Kier molecular flexibility index (Phi) is 1.88. The van der Waals surface area contributed by atoms with Gasteiger partial charge in [-0.1, -0.05) is 0 Å². The maximum Gasteiger partial charge on any atom is 0.337 e. The minimum atomic E-state index is -1.06. The zero-order chi connectivity index (χ0) is 9.30. The first-order valence-corrected chi connectivity index (χ1v) is 3.01. The van der Waals surface area contributed by atoms with Crippen LogP contribution in [0.15, 0.2) is 4.79 Å². The number of hydrogen-bond acceptors (Lipinski definition) is 4. The van der Waals surface area contributed by atoms with Crippen molar-refractivity contribution in [2.45, 2.75) is 6.61 Å². The van der Waals surface area contributed by atoms with Crippen LogP contribution in [0.2, 0.25) is 0 Å². The van der Waals surface area contributed by atoms with Crippen molar-refractivity contribution in [1.82, 2.24) is 9.55 Å². The SMILES string of the molecule is NC(=O)n1c(CO)c(O)[nH]c1=O. The summed E-state index contributed by atoms with van der Waals surface area (Å²) >= 11 is 0. The number of aromatic nitrogens is 2. The van der Waals surface area contributed by atoms with Crippen LogP contribution in [0.3, 0.4) is 0 Å². The molecule has 0 aliphatic heterocycles. The number of rotatable bonds is 1. The highest BCUT2D eigenvalue weighted by Crippen LogP contribution is 2.09. The lowest BCUT2D eigenvalue weighted by Crippen LogP contribution is -2.31. The predicted molar refractivity (Wildman–Crippen MR) is 37.6 cm³/mol. The molecular formula is C5H7N3O4. The van der Waals surface area contributed by atoms with Gasteiger partial charge in [-0.15, -0.1) is 0 Å². The number of aliphatic hydroxyl groups is 1. The summed E-state index contributed by atoms with van der Waals surface area (Å²) in [5.41, 5.74) is 3.67. The second-order valence-corrected chi connectivity index (χ2v) is 2.06. The van der Waals surface area contributed by atoms with Crippen LogP contribution in [0.25, 0.3) is 0 Å². The fraction of sp³-hybridized carbons (Fsp3) is 0.200. The molecule has 1 aromatic rings. The Hall–Kier alpha value is -1.76. The first kappa shape index (κ1) is 8.34. The second kappa shape index (κ2) is 2.70. The van der Waals surface area contributed by atoms with Gasteiger partial charge in [0, 0.05) is 0 Å². The number of hydrogen-bond donors (Lipinski definition) is 4. The zero-order valence-electron chi connectivity index (χ0n) is 5.94. The number of carbonyl (C=O) groups is 1. The van der Waals surface area contributed by atoms with E-state index in [0.717, 1.165) is 0 Å². The number of aromatic amines is 1. The molecule has 0 aliphatic carbocycles. The van der Waals surface area contributed by atoms with Crippen molar-refractivity contribution in [2.24, 2.45) is 5.73 Å². The van der Waals surface area contributed by atoms with E-state index >= 15 is 0 Å². The van der Waals surface area contributed by atoms with Crippen LogP contribution in [0.1, 0.15) is 5.69 Å². The molecule has 5 N–H and O–H groups in total. The van der Waals surface area contributed by atoms with Crippen molar-refractivity contribution in [3.8, 4) is 5.88 Å². The third-order valence-electron chi connectivity index (χ3n) is 1.34. The monoisotopic (exact) mass is 173 g/mol. The van der Waals surface area contributed by atoms with Gasteiger partial charge in [0.1, 0.15) is 5.69 Å². The number of primary amides is 1. The van der Waals surface area contributed by atoms with Crippen LogP contribution >= 0.6 is 0 Å². The lowest BCUT2D eigenvalue weighted by Gasteiger charge is -1.97. The molecule has 1 amide bonds. The Labute approximate surface area is 66.1 Å². The third-order valence-corrected chi connectivity index (χ3v) is 1.34. The van der Waals surface area contributed by atoms with E-state index in [1.807, 2.05) is 4.98 Å². The number of carbonyl (C=O) groups excluding carboxylic acids is 1. The zero-order valence-corrected chi connectivity index (χ0v) is 5.94. The molecule has 7 nitrogen and oxygen atoms in total. The molecule has 1 heterocycles. The summed E-state index contributed by atoms with van der Waals surface area (Å²) < 4.78 is 0.454. The molecule has 7 heteroatoms. The van der Waals surface area contributed by atoms with Gasteiger partial charge < -0.3 is 15.9 Å². The Bertz CT molecular complexity index is 363. The number of nitrogens with two attached hydrogens (primary N) is 1. The van der Waals surface area contributed by atoms with Crippen LogP contribution in [0.4, 0.5) is 4.79 Å². The highest BCUT2D eigenvalue weighted by atomic mass is 16.3. The molecule has 0 saturated heterocycles. The fourth-order valence-electron chi connectivity index (χ4n) is 0.837. The first-order valence-electron chi connectivity index (χ1n) is 3.01. The van der Waals surface area contributed by atoms with Gasteiger partial charge in [0.25, 0.3) is 0 Å². The Morgan fingerprint density at radius 1 is 1.67 bits per heavy atom. The van der Waals surface area contributed by atoms with Crippen LogP contribution in [-0.4, -0.2) is 25.8 Å². The van der Waals surface area contributed by atoms with Crippen LogP contribution < -0.4 is 11.4 Å². The first-order chi connectivity index (χ1) is 5.57. The lowest BCUT2D eigenvalue weighted by molar-refractivity contribution is 0.240. The van der Waals surface area contributed by atoms with E-state index in [2.05, 4.69) is 0 Å². The van der Waals surface area contributed by atoms with Crippen molar-refractivity contribution < 1.29 is 15.0 Å². The molecule has 0 unspecified atom stereocenters. The minimum absolute atomic E-state index is 0.243. The molecule has 0 aliphatic rings. The van der Waals surface area contributed by atoms with Crippen LogP contribution in [-0.2, 0) is 6.61 Å². The average molecular weight is 173 g/mol. The van der Waals surface area contributed by atoms with Gasteiger partial charge in [-0.2, -0.15) is 0 Å². The van der Waals surface area contributed by atoms with E-state index in [4.69, 9.17) is 15.9 Å². The maximum atomic E-state index is 10.8. The Balaban J connectivity index is 3.43.